The molecule has 2 nitrogen and oxygen atoms in total. The van der Waals surface area contributed by atoms with Gasteiger partial charge in [-0.3, -0.25) is 4.90 Å². The van der Waals surface area contributed by atoms with E-state index in [2.05, 4.69) is 70.5 Å². The fourth-order valence-electron chi connectivity index (χ4n) is 3.64. The van der Waals surface area contributed by atoms with Crippen molar-refractivity contribution in [3.8, 4) is 0 Å². The standard InChI is InChI=1S/C18H20N2/c1-3-7-16(8-4-1)11-19-12-18(13-19)14-20(15-18)17-9-5-2-6-10-17/h1-10H,11-15H2. The number of para-hydroxylation sites is 1. The van der Waals surface area contributed by atoms with E-state index in [4.69, 9.17) is 0 Å². The minimum Gasteiger partial charge on any atom is -0.370 e. The Labute approximate surface area is 120 Å². The van der Waals surface area contributed by atoms with Gasteiger partial charge in [-0.1, -0.05) is 48.5 Å². The largest absolute Gasteiger partial charge is 0.370 e. The molecule has 4 rings (SSSR count). The van der Waals surface area contributed by atoms with Crippen molar-refractivity contribution in [1.82, 2.24) is 4.90 Å². The van der Waals surface area contributed by atoms with Crippen molar-refractivity contribution in [2.45, 2.75) is 6.54 Å². The lowest BCUT2D eigenvalue weighted by Crippen LogP contribution is -2.71. The summed E-state index contributed by atoms with van der Waals surface area (Å²) in [5.41, 5.74) is 3.38. The van der Waals surface area contributed by atoms with Crippen molar-refractivity contribution in [3.05, 3.63) is 66.2 Å². The Balaban J connectivity index is 1.30. The fraction of sp³-hybridized carbons (Fsp3) is 0.333. The molecule has 0 atom stereocenters. The molecule has 2 heterocycles. The van der Waals surface area contributed by atoms with Crippen LogP contribution in [0, 0.1) is 5.41 Å². The van der Waals surface area contributed by atoms with Gasteiger partial charge in [0.25, 0.3) is 0 Å². The van der Waals surface area contributed by atoms with Crippen LogP contribution in [-0.4, -0.2) is 31.1 Å². The molecule has 0 radical (unpaired) electrons. The van der Waals surface area contributed by atoms with E-state index in [1.807, 2.05) is 0 Å². The Kier molecular flexibility index (Phi) is 2.78. The van der Waals surface area contributed by atoms with E-state index in [0.717, 1.165) is 6.54 Å². The van der Waals surface area contributed by atoms with Crippen LogP contribution in [0.15, 0.2) is 60.7 Å². The van der Waals surface area contributed by atoms with Gasteiger partial charge in [0.15, 0.2) is 0 Å². The third-order valence-corrected chi connectivity index (χ3v) is 4.54. The second-order valence-corrected chi connectivity index (χ2v) is 6.32. The minimum absolute atomic E-state index is 0.574. The first kappa shape index (κ1) is 12.0. The molecule has 0 bridgehead atoms. The number of nitrogens with zero attached hydrogens (tertiary/aromatic N) is 2. The highest BCUT2D eigenvalue weighted by Crippen LogP contribution is 2.42. The predicted octanol–water partition coefficient (Wildman–Crippen LogP) is 3.01. The minimum atomic E-state index is 0.574. The molecule has 0 amide bonds. The summed E-state index contributed by atoms with van der Waals surface area (Å²) in [7, 11) is 0. The van der Waals surface area contributed by atoms with E-state index in [1.165, 1.54) is 37.4 Å². The first-order valence-electron chi connectivity index (χ1n) is 7.39. The highest BCUT2D eigenvalue weighted by atomic mass is 15.3. The van der Waals surface area contributed by atoms with Crippen molar-refractivity contribution >= 4 is 5.69 Å². The first-order valence-corrected chi connectivity index (χ1v) is 7.39. The van der Waals surface area contributed by atoms with Crippen molar-refractivity contribution in [2.24, 2.45) is 5.41 Å². The van der Waals surface area contributed by atoms with Crippen LogP contribution >= 0.6 is 0 Å². The molecule has 2 aliphatic heterocycles. The number of benzene rings is 2. The summed E-state index contributed by atoms with van der Waals surface area (Å²) < 4.78 is 0. The average Bonchev–Trinajstić information content (AvgIpc) is 2.42. The van der Waals surface area contributed by atoms with Gasteiger partial charge in [-0.05, 0) is 17.7 Å². The summed E-state index contributed by atoms with van der Waals surface area (Å²) in [6.45, 7) is 6.06. The molecule has 0 N–H and O–H groups in total. The van der Waals surface area contributed by atoms with Gasteiger partial charge in [0.2, 0.25) is 0 Å². The Morgan fingerprint density at radius 1 is 0.750 bits per heavy atom. The van der Waals surface area contributed by atoms with Gasteiger partial charge in [-0.25, -0.2) is 0 Å². The van der Waals surface area contributed by atoms with Crippen LogP contribution in [0.2, 0.25) is 0 Å². The quantitative estimate of drug-likeness (QED) is 0.841. The first-order chi connectivity index (χ1) is 9.83. The summed E-state index contributed by atoms with van der Waals surface area (Å²) in [6.07, 6.45) is 0. The van der Waals surface area contributed by atoms with Crippen LogP contribution in [0.25, 0.3) is 0 Å². The Morgan fingerprint density at radius 2 is 1.35 bits per heavy atom. The van der Waals surface area contributed by atoms with Gasteiger partial charge in [0.05, 0.1) is 0 Å². The van der Waals surface area contributed by atoms with Gasteiger partial charge in [-0.15, -0.1) is 0 Å². The molecule has 2 aliphatic rings. The molecular formula is C18H20N2. The summed E-state index contributed by atoms with van der Waals surface area (Å²) >= 11 is 0. The van der Waals surface area contributed by atoms with Crippen LogP contribution in [0.3, 0.4) is 0 Å². The van der Waals surface area contributed by atoms with E-state index in [0.29, 0.717) is 5.41 Å². The molecule has 2 heteroatoms. The Bertz CT molecular complexity index is 565. The number of anilines is 1. The number of hydrogen-bond donors (Lipinski definition) is 0. The molecule has 0 saturated carbocycles. The van der Waals surface area contributed by atoms with Crippen LogP contribution in [0.5, 0.6) is 0 Å². The molecule has 2 aromatic rings. The third kappa shape index (κ3) is 2.10. The predicted molar refractivity (Wildman–Crippen MR) is 82.8 cm³/mol. The lowest BCUT2D eigenvalue weighted by atomic mass is 9.72. The lowest BCUT2D eigenvalue weighted by Gasteiger charge is -2.61. The second-order valence-electron chi connectivity index (χ2n) is 6.32. The van der Waals surface area contributed by atoms with Crippen molar-refractivity contribution in [1.29, 1.82) is 0 Å². The van der Waals surface area contributed by atoms with E-state index >= 15 is 0 Å². The van der Waals surface area contributed by atoms with E-state index in [1.54, 1.807) is 0 Å². The molecule has 2 saturated heterocycles. The summed E-state index contributed by atoms with van der Waals surface area (Å²) in [6, 6.07) is 21.6. The smallest absolute Gasteiger partial charge is 0.0366 e. The maximum atomic E-state index is 2.57. The maximum Gasteiger partial charge on any atom is 0.0366 e. The molecule has 0 aromatic heterocycles. The van der Waals surface area contributed by atoms with Crippen LogP contribution in [0.4, 0.5) is 5.69 Å². The van der Waals surface area contributed by atoms with Crippen LogP contribution in [0.1, 0.15) is 5.56 Å². The topological polar surface area (TPSA) is 6.48 Å². The van der Waals surface area contributed by atoms with Gasteiger partial charge in [0, 0.05) is 43.8 Å². The monoisotopic (exact) mass is 264 g/mol. The highest BCUT2D eigenvalue weighted by Gasteiger charge is 2.51. The normalized spacial score (nSPS) is 20.5. The van der Waals surface area contributed by atoms with Crippen LogP contribution in [-0.2, 0) is 6.54 Å². The van der Waals surface area contributed by atoms with E-state index in [-0.39, 0.29) is 0 Å². The highest BCUT2D eigenvalue weighted by molar-refractivity contribution is 5.50. The second kappa shape index (κ2) is 4.64. The fourth-order valence-corrected chi connectivity index (χ4v) is 3.64. The van der Waals surface area contributed by atoms with Gasteiger partial charge in [-0.2, -0.15) is 0 Å². The Morgan fingerprint density at radius 3 is 2.00 bits per heavy atom. The van der Waals surface area contributed by atoms with Crippen molar-refractivity contribution < 1.29 is 0 Å². The summed E-state index contributed by atoms with van der Waals surface area (Å²) in [5, 5.41) is 0. The Hall–Kier alpha value is -1.80. The zero-order chi connectivity index (χ0) is 13.4. The van der Waals surface area contributed by atoms with Crippen molar-refractivity contribution in [3.63, 3.8) is 0 Å². The third-order valence-electron chi connectivity index (χ3n) is 4.54. The molecule has 20 heavy (non-hydrogen) atoms. The SMILES string of the molecule is c1ccc(CN2CC3(C2)CN(c2ccccc2)C3)cc1. The molecule has 1 spiro atoms. The van der Waals surface area contributed by atoms with Gasteiger partial charge < -0.3 is 4.90 Å². The molecule has 0 aliphatic carbocycles. The molecule has 2 aromatic carbocycles. The van der Waals surface area contributed by atoms with Gasteiger partial charge in [0.1, 0.15) is 0 Å². The van der Waals surface area contributed by atoms with Crippen molar-refractivity contribution in [2.75, 3.05) is 31.1 Å². The molecule has 102 valence electrons. The molecular weight excluding hydrogens is 244 g/mol. The summed E-state index contributed by atoms with van der Waals surface area (Å²) in [4.78, 5) is 5.07. The zero-order valence-electron chi connectivity index (χ0n) is 11.7. The number of hydrogen-bond acceptors (Lipinski definition) is 2. The van der Waals surface area contributed by atoms with E-state index < -0.39 is 0 Å². The van der Waals surface area contributed by atoms with Crippen LogP contribution < -0.4 is 4.90 Å². The molecule has 2 fully saturated rings. The summed E-state index contributed by atoms with van der Waals surface area (Å²) in [5.74, 6) is 0. The molecule has 0 unspecified atom stereocenters. The zero-order valence-corrected chi connectivity index (χ0v) is 11.7. The number of likely N-dealkylation sites (tertiary alicyclic amines) is 1. The van der Waals surface area contributed by atoms with Gasteiger partial charge >= 0.3 is 0 Å². The lowest BCUT2D eigenvalue weighted by molar-refractivity contribution is -0.0273. The number of rotatable bonds is 3. The average molecular weight is 264 g/mol. The van der Waals surface area contributed by atoms with E-state index in [9.17, 15) is 0 Å². The maximum absolute atomic E-state index is 2.57.